The fourth-order valence-electron chi connectivity index (χ4n) is 1.76. The van der Waals surface area contributed by atoms with E-state index in [9.17, 15) is 14.9 Å². The summed E-state index contributed by atoms with van der Waals surface area (Å²) in [7, 11) is 0. The summed E-state index contributed by atoms with van der Waals surface area (Å²) in [6.07, 6.45) is 0.877. The molecule has 1 aromatic carbocycles. The summed E-state index contributed by atoms with van der Waals surface area (Å²) in [5.41, 5.74) is 0.679. The molecule has 1 aromatic rings. The molecule has 0 fully saturated rings. The second-order valence-corrected chi connectivity index (χ2v) is 4.74. The Balaban J connectivity index is 2.56. The highest BCUT2D eigenvalue weighted by molar-refractivity contribution is 5.96. The van der Waals surface area contributed by atoms with Crippen molar-refractivity contribution in [1.29, 1.82) is 0 Å². The number of rotatable bonds is 7. The van der Waals surface area contributed by atoms with Gasteiger partial charge in [-0.25, -0.2) is 0 Å². The lowest BCUT2D eigenvalue weighted by atomic mass is 10.1. The maximum atomic E-state index is 12.0. The average molecular weight is 280 g/mol. The molecule has 6 nitrogen and oxygen atoms in total. The maximum Gasteiger partial charge on any atom is 0.273 e. The van der Waals surface area contributed by atoms with E-state index in [1.807, 2.05) is 13.8 Å². The molecular formula is C14H20N2O4. The molecule has 0 saturated heterocycles. The van der Waals surface area contributed by atoms with Gasteiger partial charge in [-0.15, -0.1) is 0 Å². The van der Waals surface area contributed by atoms with E-state index in [1.165, 1.54) is 12.1 Å². The molecule has 0 spiro atoms. The van der Waals surface area contributed by atoms with Crippen molar-refractivity contribution >= 4 is 11.6 Å². The molecule has 0 radical (unpaired) electrons. The average Bonchev–Trinajstić information content (AvgIpc) is 2.37. The fourth-order valence-corrected chi connectivity index (χ4v) is 1.76. The number of hydrogen-bond donors (Lipinski definition) is 1. The van der Waals surface area contributed by atoms with Gasteiger partial charge >= 0.3 is 0 Å². The molecule has 1 rings (SSSR count). The van der Waals surface area contributed by atoms with E-state index in [0.29, 0.717) is 30.7 Å². The second-order valence-electron chi connectivity index (χ2n) is 4.74. The van der Waals surface area contributed by atoms with Gasteiger partial charge in [0.15, 0.2) is 0 Å². The highest BCUT2D eigenvalue weighted by Gasteiger charge is 2.17. The summed E-state index contributed by atoms with van der Waals surface area (Å²) in [4.78, 5) is 22.3. The van der Waals surface area contributed by atoms with Gasteiger partial charge in [0.25, 0.3) is 11.6 Å². The standard InChI is InChI=1S/C14H20N2O4/c1-10(2)20-9-5-8-15-14(17)12-6-4-7-13(11(12)3)16(18)19/h4,6-7,10H,5,8-9H2,1-3H3,(H,15,17). The lowest BCUT2D eigenvalue weighted by molar-refractivity contribution is -0.385. The van der Waals surface area contributed by atoms with Gasteiger partial charge in [-0.1, -0.05) is 6.07 Å². The van der Waals surface area contributed by atoms with Gasteiger partial charge in [-0.05, 0) is 33.3 Å². The Morgan fingerprint density at radius 3 is 2.75 bits per heavy atom. The number of nitro benzene ring substituents is 1. The van der Waals surface area contributed by atoms with Gasteiger partial charge in [0, 0.05) is 30.3 Å². The summed E-state index contributed by atoms with van der Waals surface area (Å²) < 4.78 is 5.36. The van der Waals surface area contributed by atoms with Gasteiger partial charge in [0.2, 0.25) is 0 Å². The highest BCUT2D eigenvalue weighted by Crippen LogP contribution is 2.20. The predicted molar refractivity (Wildman–Crippen MR) is 75.9 cm³/mol. The first-order valence-corrected chi connectivity index (χ1v) is 6.57. The minimum absolute atomic E-state index is 0.0409. The van der Waals surface area contributed by atoms with Crippen molar-refractivity contribution in [3.63, 3.8) is 0 Å². The first-order chi connectivity index (χ1) is 9.43. The summed E-state index contributed by atoms with van der Waals surface area (Å²) in [5, 5.41) is 13.6. The highest BCUT2D eigenvalue weighted by atomic mass is 16.6. The van der Waals surface area contributed by atoms with E-state index in [4.69, 9.17) is 4.74 Å². The van der Waals surface area contributed by atoms with Crippen LogP contribution < -0.4 is 5.32 Å². The molecule has 0 heterocycles. The van der Waals surface area contributed by atoms with Crippen LogP contribution in [0.3, 0.4) is 0 Å². The Labute approximate surface area is 118 Å². The molecule has 0 aromatic heterocycles. The van der Waals surface area contributed by atoms with Gasteiger partial charge in [0.1, 0.15) is 0 Å². The Morgan fingerprint density at radius 2 is 2.15 bits per heavy atom. The zero-order valence-corrected chi connectivity index (χ0v) is 12.0. The fraction of sp³-hybridized carbons (Fsp3) is 0.500. The van der Waals surface area contributed by atoms with Crippen LogP contribution in [-0.4, -0.2) is 30.1 Å². The van der Waals surface area contributed by atoms with Crippen molar-refractivity contribution in [3.05, 3.63) is 39.4 Å². The second kappa shape index (κ2) is 7.59. The molecule has 20 heavy (non-hydrogen) atoms. The third-order valence-electron chi connectivity index (χ3n) is 2.80. The largest absolute Gasteiger partial charge is 0.379 e. The van der Waals surface area contributed by atoms with E-state index in [-0.39, 0.29) is 17.7 Å². The Kier molecular flexibility index (Phi) is 6.11. The number of carbonyl (C=O) groups excluding carboxylic acids is 1. The molecule has 6 heteroatoms. The molecule has 0 saturated carbocycles. The van der Waals surface area contributed by atoms with Crippen molar-refractivity contribution in [2.45, 2.75) is 33.3 Å². The van der Waals surface area contributed by atoms with Crippen molar-refractivity contribution in [3.8, 4) is 0 Å². The van der Waals surface area contributed by atoms with Crippen LogP contribution in [0.25, 0.3) is 0 Å². The lowest BCUT2D eigenvalue weighted by Gasteiger charge is -2.09. The van der Waals surface area contributed by atoms with Crippen LogP contribution in [-0.2, 0) is 4.74 Å². The molecule has 0 atom stereocenters. The summed E-state index contributed by atoms with van der Waals surface area (Å²) in [5.74, 6) is -0.296. The Morgan fingerprint density at radius 1 is 1.45 bits per heavy atom. The molecule has 0 unspecified atom stereocenters. The Hall–Kier alpha value is -1.95. The first kappa shape index (κ1) is 16.1. The summed E-state index contributed by atoms with van der Waals surface area (Å²) in [6.45, 7) is 6.53. The predicted octanol–water partition coefficient (Wildman–Crippen LogP) is 2.45. The minimum atomic E-state index is -0.484. The molecule has 1 amide bonds. The zero-order chi connectivity index (χ0) is 15.1. The number of hydrogen-bond acceptors (Lipinski definition) is 4. The number of ether oxygens (including phenoxy) is 1. The van der Waals surface area contributed by atoms with E-state index < -0.39 is 4.92 Å². The number of carbonyl (C=O) groups is 1. The van der Waals surface area contributed by atoms with Crippen LogP contribution in [0.1, 0.15) is 36.2 Å². The van der Waals surface area contributed by atoms with Gasteiger partial charge in [-0.2, -0.15) is 0 Å². The Bertz CT molecular complexity index is 486. The van der Waals surface area contributed by atoms with Crippen LogP contribution in [0.5, 0.6) is 0 Å². The number of nitrogens with zero attached hydrogens (tertiary/aromatic N) is 1. The van der Waals surface area contributed by atoms with E-state index >= 15 is 0 Å². The number of nitrogens with one attached hydrogen (secondary N) is 1. The van der Waals surface area contributed by atoms with Gasteiger partial charge in [0.05, 0.1) is 11.0 Å². The number of benzene rings is 1. The third kappa shape index (κ3) is 4.62. The molecule has 110 valence electrons. The van der Waals surface area contributed by atoms with Crippen molar-refractivity contribution in [2.75, 3.05) is 13.2 Å². The smallest absolute Gasteiger partial charge is 0.273 e. The molecular weight excluding hydrogens is 260 g/mol. The lowest BCUT2D eigenvalue weighted by Crippen LogP contribution is -2.26. The quantitative estimate of drug-likeness (QED) is 0.472. The maximum absolute atomic E-state index is 12.0. The normalized spacial score (nSPS) is 10.6. The topological polar surface area (TPSA) is 81.5 Å². The van der Waals surface area contributed by atoms with Crippen LogP contribution in [0, 0.1) is 17.0 Å². The molecule has 0 aliphatic carbocycles. The summed E-state index contributed by atoms with van der Waals surface area (Å²) >= 11 is 0. The van der Waals surface area contributed by atoms with Gasteiger partial charge in [-0.3, -0.25) is 14.9 Å². The molecule has 0 bridgehead atoms. The number of amides is 1. The molecule has 1 N–H and O–H groups in total. The zero-order valence-electron chi connectivity index (χ0n) is 12.0. The van der Waals surface area contributed by atoms with Crippen molar-refractivity contribution in [2.24, 2.45) is 0 Å². The molecule has 0 aliphatic rings. The van der Waals surface area contributed by atoms with Crippen LogP contribution in [0.2, 0.25) is 0 Å². The SMILES string of the molecule is Cc1c(C(=O)NCCCOC(C)C)cccc1[N+](=O)[O-]. The number of nitro groups is 1. The van der Waals surface area contributed by atoms with Crippen LogP contribution in [0.15, 0.2) is 18.2 Å². The van der Waals surface area contributed by atoms with Crippen LogP contribution >= 0.6 is 0 Å². The minimum Gasteiger partial charge on any atom is -0.379 e. The van der Waals surface area contributed by atoms with E-state index in [1.54, 1.807) is 13.0 Å². The van der Waals surface area contributed by atoms with Gasteiger partial charge < -0.3 is 10.1 Å². The first-order valence-electron chi connectivity index (χ1n) is 6.57. The van der Waals surface area contributed by atoms with Crippen molar-refractivity contribution in [1.82, 2.24) is 5.32 Å². The monoisotopic (exact) mass is 280 g/mol. The van der Waals surface area contributed by atoms with Crippen LogP contribution in [0.4, 0.5) is 5.69 Å². The van der Waals surface area contributed by atoms with E-state index in [2.05, 4.69) is 5.32 Å². The summed E-state index contributed by atoms with van der Waals surface area (Å²) in [6, 6.07) is 4.49. The third-order valence-corrected chi connectivity index (χ3v) is 2.80. The van der Waals surface area contributed by atoms with E-state index in [0.717, 1.165) is 0 Å². The molecule has 0 aliphatic heterocycles. The van der Waals surface area contributed by atoms with Crippen molar-refractivity contribution < 1.29 is 14.5 Å².